The van der Waals surface area contributed by atoms with Gasteiger partial charge in [0.2, 0.25) is 5.28 Å². The lowest BCUT2D eigenvalue weighted by molar-refractivity contribution is 0.302. The predicted octanol–water partition coefficient (Wildman–Crippen LogP) is 10.8. The minimum absolute atomic E-state index is 0.0455. The fraction of sp³-hybridized carbons (Fsp3) is 0.324. The fourth-order valence-corrected chi connectivity index (χ4v) is 6.25. The Labute approximate surface area is 258 Å². The molecule has 5 nitrogen and oxygen atoms in total. The molecule has 220 valence electrons. The SMILES string of the molecule is CCCCCCCCCCCCOc1ccc(-c2nc(Cl)nc(-c3ccc4ccc5cccc6ccc3c4c56)n2)c(O)c1. The zero-order valence-electron chi connectivity index (χ0n) is 24.8. The molecule has 0 radical (unpaired) electrons. The van der Waals surface area contributed by atoms with Gasteiger partial charge in [-0.15, -0.1) is 0 Å². The van der Waals surface area contributed by atoms with E-state index in [1.165, 1.54) is 72.9 Å². The molecule has 1 heterocycles. The topological polar surface area (TPSA) is 68.1 Å². The lowest BCUT2D eigenvalue weighted by Gasteiger charge is -2.14. The summed E-state index contributed by atoms with van der Waals surface area (Å²) in [6.07, 6.45) is 12.8. The van der Waals surface area contributed by atoms with E-state index in [0.717, 1.165) is 29.2 Å². The molecule has 6 aromatic rings. The molecule has 43 heavy (non-hydrogen) atoms. The monoisotopic (exact) mass is 591 g/mol. The molecule has 0 aliphatic heterocycles. The van der Waals surface area contributed by atoms with Crippen molar-refractivity contribution in [3.63, 3.8) is 0 Å². The van der Waals surface area contributed by atoms with Gasteiger partial charge in [-0.25, -0.2) is 4.98 Å². The van der Waals surface area contributed by atoms with E-state index in [4.69, 9.17) is 21.3 Å². The van der Waals surface area contributed by atoms with Gasteiger partial charge in [0.05, 0.1) is 12.2 Å². The number of unbranched alkanes of at least 4 members (excludes halogenated alkanes) is 9. The highest BCUT2D eigenvalue weighted by molar-refractivity contribution is 6.28. The molecule has 0 fully saturated rings. The number of hydrogen-bond donors (Lipinski definition) is 1. The van der Waals surface area contributed by atoms with Crippen LogP contribution in [0.15, 0.2) is 72.8 Å². The average Bonchev–Trinajstić information content (AvgIpc) is 3.02. The highest BCUT2D eigenvalue weighted by Gasteiger charge is 2.17. The first kappa shape index (κ1) is 29.1. The zero-order valence-corrected chi connectivity index (χ0v) is 25.5. The molecule has 0 bridgehead atoms. The number of phenols is 1. The van der Waals surface area contributed by atoms with E-state index in [9.17, 15) is 5.11 Å². The number of hydrogen-bond acceptors (Lipinski definition) is 5. The minimum atomic E-state index is 0.0455. The van der Waals surface area contributed by atoms with Crippen LogP contribution < -0.4 is 4.74 Å². The van der Waals surface area contributed by atoms with Crippen LogP contribution in [0.5, 0.6) is 11.5 Å². The van der Waals surface area contributed by atoms with Crippen LogP contribution in [-0.2, 0) is 0 Å². The number of benzene rings is 5. The van der Waals surface area contributed by atoms with Crippen molar-refractivity contribution in [2.75, 3.05) is 6.61 Å². The van der Waals surface area contributed by atoms with Crippen LogP contribution in [0.2, 0.25) is 5.28 Å². The largest absolute Gasteiger partial charge is 0.507 e. The van der Waals surface area contributed by atoms with Gasteiger partial charge in [-0.05, 0) is 68.5 Å². The van der Waals surface area contributed by atoms with Gasteiger partial charge in [0.1, 0.15) is 11.5 Å². The third-order valence-electron chi connectivity index (χ3n) is 8.35. The van der Waals surface area contributed by atoms with E-state index in [1.807, 2.05) is 12.1 Å². The number of phenolic OH excluding ortho intramolecular Hbond substituents is 1. The molecule has 0 amide bonds. The molecule has 0 saturated heterocycles. The first-order valence-corrected chi connectivity index (χ1v) is 16.0. The Morgan fingerprint density at radius 2 is 1.21 bits per heavy atom. The van der Waals surface area contributed by atoms with Crippen LogP contribution in [-0.4, -0.2) is 26.7 Å². The van der Waals surface area contributed by atoms with Crippen molar-refractivity contribution >= 4 is 43.9 Å². The molecule has 0 aliphatic rings. The van der Waals surface area contributed by atoms with Crippen molar-refractivity contribution in [2.24, 2.45) is 0 Å². The van der Waals surface area contributed by atoms with E-state index in [0.29, 0.717) is 29.6 Å². The van der Waals surface area contributed by atoms with E-state index in [1.54, 1.807) is 12.1 Å². The summed E-state index contributed by atoms with van der Waals surface area (Å²) in [5, 5.41) is 18.0. The van der Waals surface area contributed by atoms with Crippen LogP contribution in [0.25, 0.3) is 55.1 Å². The van der Waals surface area contributed by atoms with Crippen molar-refractivity contribution in [2.45, 2.75) is 71.1 Å². The quantitative estimate of drug-likeness (QED) is 0.101. The summed E-state index contributed by atoms with van der Waals surface area (Å²) in [7, 11) is 0. The normalized spacial score (nSPS) is 11.7. The van der Waals surface area contributed by atoms with Crippen LogP contribution in [0.4, 0.5) is 0 Å². The van der Waals surface area contributed by atoms with E-state index >= 15 is 0 Å². The summed E-state index contributed by atoms with van der Waals surface area (Å²) in [4.78, 5) is 13.6. The lowest BCUT2D eigenvalue weighted by Crippen LogP contribution is -2.00. The van der Waals surface area contributed by atoms with Gasteiger partial charge in [0, 0.05) is 11.6 Å². The van der Waals surface area contributed by atoms with E-state index < -0.39 is 0 Å². The minimum Gasteiger partial charge on any atom is -0.507 e. The van der Waals surface area contributed by atoms with Crippen molar-refractivity contribution in [1.29, 1.82) is 0 Å². The van der Waals surface area contributed by atoms with Gasteiger partial charge in [-0.1, -0.05) is 113 Å². The molecule has 6 rings (SSSR count). The standard InChI is InChI=1S/C37H38ClN3O2/c1-2-3-4-5-6-7-8-9-10-11-23-43-28-19-22-31(32(42)24-28)36-39-35(40-37(38)41-36)30-21-18-27-16-15-25-13-12-14-26-17-20-29(30)34(27)33(25)26/h12-22,24,42H,2-11,23H2,1H3. The van der Waals surface area contributed by atoms with Gasteiger partial charge in [0.15, 0.2) is 11.6 Å². The highest BCUT2D eigenvalue weighted by Crippen LogP contribution is 2.39. The first-order chi connectivity index (χ1) is 21.1. The fourth-order valence-electron chi connectivity index (χ4n) is 6.09. The Morgan fingerprint density at radius 3 is 1.91 bits per heavy atom. The van der Waals surface area contributed by atoms with E-state index in [2.05, 4.69) is 65.4 Å². The third-order valence-corrected chi connectivity index (χ3v) is 8.52. The van der Waals surface area contributed by atoms with E-state index in [-0.39, 0.29) is 11.0 Å². The second kappa shape index (κ2) is 13.6. The van der Waals surface area contributed by atoms with Crippen LogP contribution in [0.3, 0.4) is 0 Å². The van der Waals surface area contributed by atoms with Gasteiger partial charge in [0.25, 0.3) is 0 Å². The summed E-state index contributed by atoms with van der Waals surface area (Å²) in [5.74, 6) is 1.46. The number of rotatable bonds is 14. The predicted molar refractivity (Wildman–Crippen MR) is 178 cm³/mol. The maximum absolute atomic E-state index is 10.9. The summed E-state index contributed by atoms with van der Waals surface area (Å²) in [5.41, 5.74) is 1.35. The Hall–Kier alpha value is -3.96. The van der Waals surface area contributed by atoms with Crippen molar-refractivity contribution in [3.8, 4) is 34.3 Å². The molecular weight excluding hydrogens is 554 g/mol. The summed E-state index contributed by atoms with van der Waals surface area (Å²) in [6, 6.07) is 24.3. The second-order valence-corrected chi connectivity index (χ2v) is 11.8. The molecular formula is C37H38ClN3O2. The smallest absolute Gasteiger partial charge is 0.226 e. The molecule has 0 unspecified atom stereocenters. The summed E-state index contributed by atoms with van der Waals surface area (Å²) < 4.78 is 5.93. The number of ether oxygens (including phenoxy) is 1. The Kier molecular flexibility index (Phi) is 9.18. The Bertz CT molecular complexity index is 1820. The molecule has 0 saturated carbocycles. The van der Waals surface area contributed by atoms with Gasteiger partial charge >= 0.3 is 0 Å². The maximum atomic E-state index is 10.9. The van der Waals surface area contributed by atoms with Crippen molar-refractivity contribution in [1.82, 2.24) is 15.0 Å². The Balaban J connectivity index is 1.15. The molecule has 1 aromatic heterocycles. The molecule has 0 aliphatic carbocycles. The molecule has 1 N–H and O–H groups in total. The van der Waals surface area contributed by atoms with Gasteiger partial charge in [-0.2, -0.15) is 9.97 Å². The number of aromatic nitrogens is 3. The zero-order chi connectivity index (χ0) is 29.6. The average molecular weight is 592 g/mol. The number of aromatic hydroxyl groups is 1. The summed E-state index contributed by atoms with van der Waals surface area (Å²) in [6.45, 7) is 2.89. The van der Waals surface area contributed by atoms with Crippen LogP contribution >= 0.6 is 11.6 Å². The lowest BCUT2D eigenvalue weighted by atomic mass is 9.92. The molecule has 6 heteroatoms. The van der Waals surface area contributed by atoms with Crippen LogP contribution in [0.1, 0.15) is 71.1 Å². The van der Waals surface area contributed by atoms with Gasteiger partial charge in [-0.3, -0.25) is 0 Å². The van der Waals surface area contributed by atoms with Crippen molar-refractivity contribution in [3.05, 3.63) is 78.1 Å². The molecule has 0 spiro atoms. The highest BCUT2D eigenvalue weighted by atomic mass is 35.5. The first-order valence-electron chi connectivity index (χ1n) is 15.7. The Morgan fingerprint density at radius 1 is 0.628 bits per heavy atom. The second-order valence-electron chi connectivity index (χ2n) is 11.4. The number of nitrogens with zero attached hydrogens (tertiary/aromatic N) is 3. The molecule has 5 aromatic carbocycles. The van der Waals surface area contributed by atoms with Crippen LogP contribution in [0, 0.1) is 0 Å². The maximum Gasteiger partial charge on any atom is 0.226 e. The van der Waals surface area contributed by atoms with Crippen molar-refractivity contribution < 1.29 is 9.84 Å². The summed E-state index contributed by atoms with van der Waals surface area (Å²) >= 11 is 6.43. The molecule has 0 atom stereocenters. The van der Waals surface area contributed by atoms with Gasteiger partial charge < -0.3 is 9.84 Å². The third kappa shape index (κ3) is 6.52. The number of halogens is 1.